The Morgan fingerprint density at radius 1 is 1.09 bits per heavy atom. The molecule has 0 unspecified atom stereocenters. The number of hydrogen-bond donors (Lipinski definition) is 0. The molecule has 1 aliphatic carbocycles. The second-order valence-electron chi connectivity index (χ2n) is 6.30. The molecule has 1 saturated carbocycles. The van der Waals surface area contributed by atoms with Gasteiger partial charge < -0.3 is 0 Å². The number of hydrogen-bond acceptors (Lipinski definition) is 3. The quantitative estimate of drug-likeness (QED) is 0.828. The Hall–Kier alpha value is -2.12. The number of nitriles is 1. The van der Waals surface area contributed by atoms with Crippen molar-refractivity contribution < 1.29 is 8.42 Å². The molecule has 4 heteroatoms. The van der Waals surface area contributed by atoms with Crippen LogP contribution >= 0.6 is 0 Å². The van der Waals surface area contributed by atoms with E-state index in [0.29, 0.717) is 16.0 Å². The van der Waals surface area contributed by atoms with Gasteiger partial charge in [-0.25, -0.2) is 8.42 Å². The summed E-state index contributed by atoms with van der Waals surface area (Å²) in [7, 11) is -3.33. The third-order valence-electron chi connectivity index (χ3n) is 4.75. The smallest absolute Gasteiger partial charge is 0.179 e. The van der Waals surface area contributed by atoms with E-state index in [1.807, 2.05) is 12.1 Å². The Balaban J connectivity index is 2.02. The first-order valence-electron chi connectivity index (χ1n) is 7.82. The molecule has 0 amide bonds. The average Bonchev–Trinajstić information content (AvgIpc) is 3.34. The fourth-order valence-corrected chi connectivity index (χ4v) is 5.22. The summed E-state index contributed by atoms with van der Waals surface area (Å²) in [4.78, 5) is 0.393. The molecule has 3 nitrogen and oxygen atoms in total. The van der Waals surface area contributed by atoms with Crippen LogP contribution in [-0.4, -0.2) is 14.2 Å². The maximum atomic E-state index is 12.9. The van der Waals surface area contributed by atoms with E-state index in [2.05, 4.69) is 13.0 Å². The molecule has 0 heterocycles. The molecular formula is C19H19NO2S. The third-order valence-corrected chi connectivity index (χ3v) is 6.77. The fourth-order valence-electron chi connectivity index (χ4n) is 2.96. The minimum absolute atomic E-state index is 0.0173. The first-order chi connectivity index (χ1) is 11.0. The summed E-state index contributed by atoms with van der Waals surface area (Å²) < 4.78 is 25.8. The lowest BCUT2D eigenvalue weighted by Gasteiger charge is -2.15. The van der Waals surface area contributed by atoms with Crippen molar-refractivity contribution in [3.05, 3.63) is 54.1 Å². The first-order valence-corrected chi connectivity index (χ1v) is 9.47. The fraction of sp³-hybridized carbons (Fsp3) is 0.316. The van der Waals surface area contributed by atoms with Crippen molar-refractivity contribution in [1.82, 2.24) is 0 Å². The van der Waals surface area contributed by atoms with E-state index in [-0.39, 0.29) is 11.2 Å². The summed E-state index contributed by atoms with van der Waals surface area (Å²) in [6.45, 7) is 2.06. The van der Waals surface area contributed by atoms with Crippen molar-refractivity contribution in [3.8, 4) is 17.2 Å². The van der Waals surface area contributed by atoms with Crippen molar-refractivity contribution in [2.45, 2.75) is 31.1 Å². The van der Waals surface area contributed by atoms with Gasteiger partial charge in [-0.2, -0.15) is 5.26 Å². The molecule has 1 fully saturated rings. The van der Waals surface area contributed by atoms with Gasteiger partial charge in [0.15, 0.2) is 9.84 Å². The standard InChI is InChI=1S/C19H19NO2S/c1-2-19(11-12-19)14-23(21,22)18-6-4-3-5-17(18)16-9-7-15(13-20)8-10-16/h3-10H,2,11-12,14H2,1H3. The maximum absolute atomic E-state index is 12.9. The molecule has 1 aliphatic rings. The van der Waals surface area contributed by atoms with Gasteiger partial charge in [0.25, 0.3) is 0 Å². The summed E-state index contributed by atoms with van der Waals surface area (Å²) >= 11 is 0. The summed E-state index contributed by atoms with van der Waals surface area (Å²) in [5.74, 6) is 0.226. The zero-order valence-electron chi connectivity index (χ0n) is 13.1. The molecule has 0 spiro atoms. The van der Waals surface area contributed by atoms with Gasteiger partial charge in [0.05, 0.1) is 22.3 Å². The Labute approximate surface area is 137 Å². The average molecular weight is 325 g/mol. The Kier molecular flexibility index (Phi) is 3.99. The van der Waals surface area contributed by atoms with E-state index < -0.39 is 9.84 Å². The molecule has 3 rings (SSSR count). The van der Waals surface area contributed by atoms with Crippen LogP contribution in [0.4, 0.5) is 0 Å². The zero-order chi connectivity index (χ0) is 16.5. The van der Waals surface area contributed by atoms with Gasteiger partial charge in [0.2, 0.25) is 0 Å². The molecule has 23 heavy (non-hydrogen) atoms. The van der Waals surface area contributed by atoms with Gasteiger partial charge >= 0.3 is 0 Å². The van der Waals surface area contributed by atoms with E-state index >= 15 is 0 Å². The van der Waals surface area contributed by atoms with Crippen molar-refractivity contribution >= 4 is 9.84 Å². The Morgan fingerprint density at radius 2 is 1.74 bits per heavy atom. The highest BCUT2D eigenvalue weighted by molar-refractivity contribution is 7.91. The molecule has 0 atom stereocenters. The molecule has 2 aromatic rings. The first kappa shape index (κ1) is 15.8. The largest absolute Gasteiger partial charge is 0.224 e. The van der Waals surface area contributed by atoms with Crippen LogP contribution in [0.1, 0.15) is 31.7 Å². The highest BCUT2D eigenvalue weighted by Crippen LogP contribution is 2.50. The minimum Gasteiger partial charge on any atom is -0.224 e. The summed E-state index contributed by atoms with van der Waals surface area (Å²) in [5, 5.41) is 8.90. The van der Waals surface area contributed by atoms with Crippen LogP contribution in [0.5, 0.6) is 0 Å². The predicted octanol–water partition coefficient (Wildman–Crippen LogP) is 4.19. The van der Waals surface area contributed by atoms with Crippen LogP contribution in [0.25, 0.3) is 11.1 Å². The molecule has 0 saturated heterocycles. The lowest BCUT2D eigenvalue weighted by molar-refractivity contribution is 0.526. The summed E-state index contributed by atoms with van der Waals surface area (Å²) in [6.07, 6.45) is 2.91. The lowest BCUT2D eigenvalue weighted by atomic mass is 10.0. The van der Waals surface area contributed by atoms with E-state index in [9.17, 15) is 8.42 Å². The zero-order valence-corrected chi connectivity index (χ0v) is 13.9. The maximum Gasteiger partial charge on any atom is 0.179 e. The van der Waals surface area contributed by atoms with Crippen LogP contribution in [0.15, 0.2) is 53.4 Å². The minimum atomic E-state index is -3.33. The molecule has 0 bridgehead atoms. The molecule has 2 aromatic carbocycles. The summed E-state index contributed by atoms with van der Waals surface area (Å²) in [6, 6.07) is 16.3. The molecule has 0 radical (unpaired) electrons. The molecular weight excluding hydrogens is 306 g/mol. The van der Waals surface area contributed by atoms with Crippen LogP contribution in [0.2, 0.25) is 0 Å². The SMILES string of the molecule is CCC1(CS(=O)(=O)c2ccccc2-c2ccc(C#N)cc2)CC1. The van der Waals surface area contributed by atoms with E-state index in [4.69, 9.17) is 5.26 Å². The summed E-state index contributed by atoms with van der Waals surface area (Å²) in [5.41, 5.74) is 2.08. The van der Waals surface area contributed by atoms with E-state index in [0.717, 1.165) is 24.8 Å². The Morgan fingerprint density at radius 3 is 2.30 bits per heavy atom. The second-order valence-corrected chi connectivity index (χ2v) is 8.26. The van der Waals surface area contributed by atoms with E-state index in [1.54, 1.807) is 36.4 Å². The second kappa shape index (κ2) is 5.82. The third kappa shape index (κ3) is 3.16. The van der Waals surface area contributed by atoms with E-state index in [1.165, 1.54) is 0 Å². The van der Waals surface area contributed by atoms with Crippen molar-refractivity contribution in [3.63, 3.8) is 0 Å². The number of sulfone groups is 1. The number of rotatable bonds is 5. The van der Waals surface area contributed by atoms with Gasteiger partial charge in [-0.3, -0.25) is 0 Å². The predicted molar refractivity (Wildman–Crippen MR) is 90.6 cm³/mol. The molecule has 0 aromatic heterocycles. The molecule has 0 aliphatic heterocycles. The van der Waals surface area contributed by atoms with Crippen molar-refractivity contribution in [1.29, 1.82) is 5.26 Å². The number of benzene rings is 2. The topological polar surface area (TPSA) is 57.9 Å². The highest BCUT2D eigenvalue weighted by Gasteiger charge is 2.45. The Bertz CT molecular complexity index is 857. The normalized spacial score (nSPS) is 15.8. The van der Waals surface area contributed by atoms with Crippen LogP contribution in [-0.2, 0) is 9.84 Å². The van der Waals surface area contributed by atoms with Crippen LogP contribution < -0.4 is 0 Å². The highest BCUT2D eigenvalue weighted by atomic mass is 32.2. The molecule has 0 N–H and O–H groups in total. The monoisotopic (exact) mass is 325 g/mol. The van der Waals surface area contributed by atoms with Crippen molar-refractivity contribution in [2.24, 2.45) is 5.41 Å². The van der Waals surface area contributed by atoms with Gasteiger partial charge in [0.1, 0.15) is 0 Å². The van der Waals surface area contributed by atoms with Crippen molar-refractivity contribution in [2.75, 3.05) is 5.75 Å². The van der Waals surface area contributed by atoms with Gasteiger partial charge in [-0.1, -0.05) is 37.3 Å². The van der Waals surface area contributed by atoms with Gasteiger partial charge in [-0.15, -0.1) is 0 Å². The van der Waals surface area contributed by atoms with Crippen LogP contribution in [0.3, 0.4) is 0 Å². The van der Waals surface area contributed by atoms with Crippen LogP contribution in [0, 0.1) is 16.7 Å². The number of nitrogens with zero attached hydrogens (tertiary/aromatic N) is 1. The lowest BCUT2D eigenvalue weighted by Crippen LogP contribution is -2.17. The molecule has 118 valence electrons. The van der Waals surface area contributed by atoms with Gasteiger partial charge in [0, 0.05) is 5.56 Å². The van der Waals surface area contributed by atoms with Gasteiger partial charge in [-0.05, 0) is 48.4 Å².